The number of benzene rings is 2. The summed E-state index contributed by atoms with van der Waals surface area (Å²) in [4.78, 5) is 1.43. The normalized spacial score (nSPS) is 10.7. The SMILES string of the molecule is Cc1ccc(C)c(NC(=S)NCc2ccc(C[NH+](C)C)cc2)c1. The molecule has 0 aliphatic carbocycles. The van der Waals surface area contributed by atoms with Crippen LogP contribution in [0.1, 0.15) is 22.3 Å². The number of nitrogens with one attached hydrogen (secondary N) is 3. The molecule has 2 rings (SSSR count). The molecule has 2 aromatic carbocycles. The maximum Gasteiger partial charge on any atom is 0.171 e. The fourth-order valence-electron chi connectivity index (χ4n) is 2.40. The molecule has 0 fully saturated rings. The first-order valence-corrected chi connectivity index (χ1v) is 8.34. The van der Waals surface area contributed by atoms with Crippen LogP contribution in [0.5, 0.6) is 0 Å². The highest BCUT2D eigenvalue weighted by atomic mass is 32.1. The summed E-state index contributed by atoms with van der Waals surface area (Å²) in [5.41, 5.74) is 6.05. The van der Waals surface area contributed by atoms with Gasteiger partial charge in [0.1, 0.15) is 6.54 Å². The Hall–Kier alpha value is -1.91. The molecular formula is C19H26N3S+. The standard InChI is InChI=1S/C19H25N3S/c1-14-5-6-15(2)18(11-14)21-19(23)20-12-16-7-9-17(10-8-16)13-22(3)4/h5-11H,12-13H2,1-4H3,(H2,20,21,23)/p+1. The predicted octanol–water partition coefficient (Wildman–Crippen LogP) is 2.43. The second-order valence-electron chi connectivity index (χ2n) is 6.33. The van der Waals surface area contributed by atoms with Gasteiger partial charge in [-0.05, 0) is 48.8 Å². The van der Waals surface area contributed by atoms with Crippen molar-refractivity contribution in [3.05, 3.63) is 64.7 Å². The average molecular weight is 329 g/mol. The minimum atomic E-state index is 0.653. The zero-order valence-corrected chi connectivity index (χ0v) is 15.2. The van der Waals surface area contributed by atoms with E-state index in [2.05, 4.69) is 81.0 Å². The lowest BCUT2D eigenvalue weighted by molar-refractivity contribution is -0.872. The summed E-state index contributed by atoms with van der Waals surface area (Å²) in [5, 5.41) is 7.20. The largest absolute Gasteiger partial charge is 0.358 e. The number of rotatable bonds is 5. The molecule has 0 unspecified atom stereocenters. The Morgan fingerprint density at radius 1 is 1.00 bits per heavy atom. The van der Waals surface area contributed by atoms with Crippen molar-refractivity contribution in [3.63, 3.8) is 0 Å². The van der Waals surface area contributed by atoms with Crippen LogP contribution in [0.3, 0.4) is 0 Å². The second-order valence-corrected chi connectivity index (χ2v) is 6.73. The zero-order valence-electron chi connectivity index (χ0n) is 14.4. The van der Waals surface area contributed by atoms with E-state index in [4.69, 9.17) is 12.2 Å². The first-order chi connectivity index (χ1) is 10.9. The van der Waals surface area contributed by atoms with Gasteiger partial charge >= 0.3 is 0 Å². The highest BCUT2D eigenvalue weighted by Gasteiger charge is 2.03. The van der Waals surface area contributed by atoms with E-state index in [-0.39, 0.29) is 0 Å². The van der Waals surface area contributed by atoms with E-state index in [1.807, 2.05) is 0 Å². The Bertz CT molecular complexity index is 663. The molecule has 0 aliphatic heterocycles. The number of hydrogen-bond acceptors (Lipinski definition) is 1. The van der Waals surface area contributed by atoms with Crippen molar-refractivity contribution >= 4 is 23.0 Å². The van der Waals surface area contributed by atoms with Gasteiger partial charge in [-0.25, -0.2) is 0 Å². The monoisotopic (exact) mass is 328 g/mol. The molecule has 122 valence electrons. The van der Waals surface area contributed by atoms with E-state index in [0.717, 1.165) is 18.8 Å². The Morgan fingerprint density at radius 3 is 2.30 bits per heavy atom. The summed E-state index contributed by atoms with van der Waals surface area (Å²) in [7, 11) is 4.32. The molecule has 0 spiro atoms. The number of thiocarbonyl (C=S) groups is 1. The summed E-state index contributed by atoms with van der Waals surface area (Å²) < 4.78 is 0. The van der Waals surface area contributed by atoms with Crippen molar-refractivity contribution in [1.29, 1.82) is 0 Å². The van der Waals surface area contributed by atoms with Crippen molar-refractivity contribution in [2.24, 2.45) is 0 Å². The fraction of sp³-hybridized carbons (Fsp3) is 0.316. The van der Waals surface area contributed by atoms with Gasteiger partial charge in [0.15, 0.2) is 5.11 Å². The summed E-state index contributed by atoms with van der Waals surface area (Å²) in [6.45, 7) is 5.93. The fourth-order valence-corrected chi connectivity index (χ4v) is 2.58. The maximum atomic E-state index is 5.40. The molecule has 3 N–H and O–H groups in total. The highest BCUT2D eigenvalue weighted by molar-refractivity contribution is 7.80. The van der Waals surface area contributed by atoms with Crippen LogP contribution < -0.4 is 15.5 Å². The lowest BCUT2D eigenvalue weighted by Gasteiger charge is -2.13. The Morgan fingerprint density at radius 2 is 1.65 bits per heavy atom. The van der Waals surface area contributed by atoms with Crippen LogP contribution in [0.4, 0.5) is 5.69 Å². The summed E-state index contributed by atoms with van der Waals surface area (Å²) in [6, 6.07) is 15.0. The molecule has 2 aromatic rings. The second kappa shape index (κ2) is 8.09. The lowest BCUT2D eigenvalue weighted by atomic mass is 10.1. The van der Waals surface area contributed by atoms with Gasteiger partial charge in [-0.15, -0.1) is 0 Å². The van der Waals surface area contributed by atoms with Crippen LogP contribution in [0.25, 0.3) is 0 Å². The van der Waals surface area contributed by atoms with Crippen LogP contribution in [0.15, 0.2) is 42.5 Å². The summed E-state index contributed by atoms with van der Waals surface area (Å²) in [5.74, 6) is 0. The third-order valence-corrected chi connectivity index (χ3v) is 3.92. The molecule has 0 bridgehead atoms. The minimum Gasteiger partial charge on any atom is -0.358 e. The molecule has 0 atom stereocenters. The number of hydrogen-bond donors (Lipinski definition) is 3. The van der Waals surface area contributed by atoms with E-state index in [1.54, 1.807) is 0 Å². The van der Waals surface area contributed by atoms with Gasteiger partial charge in [-0.2, -0.15) is 0 Å². The van der Waals surface area contributed by atoms with Crippen molar-refractivity contribution in [3.8, 4) is 0 Å². The van der Waals surface area contributed by atoms with Gasteiger partial charge in [0.25, 0.3) is 0 Å². The third kappa shape index (κ3) is 5.66. The molecule has 0 saturated heterocycles. The first kappa shape index (κ1) is 17.4. The maximum absolute atomic E-state index is 5.40. The quantitative estimate of drug-likeness (QED) is 0.736. The van der Waals surface area contributed by atoms with Crippen molar-refractivity contribution in [1.82, 2.24) is 5.32 Å². The average Bonchev–Trinajstić information content (AvgIpc) is 2.50. The Balaban J connectivity index is 1.88. The molecule has 0 aliphatic rings. The van der Waals surface area contributed by atoms with E-state index in [0.29, 0.717) is 5.11 Å². The summed E-state index contributed by atoms with van der Waals surface area (Å²) >= 11 is 5.40. The van der Waals surface area contributed by atoms with Crippen molar-refractivity contribution in [2.45, 2.75) is 26.9 Å². The molecule has 3 nitrogen and oxygen atoms in total. The Labute approximate surface area is 144 Å². The van der Waals surface area contributed by atoms with Gasteiger partial charge in [0.05, 0.1) is 14.1 Å². The van der Waals surface area contributed by atoms with Crippen molar-refractivity contribution in [2.75, 3.05) is 19.4 Å². The molecule has 0 heterocycles. The molecule has 0 aromatic heterocycles. The molecule has 23 heavy (non-hydrogen) atoms. The smallest absolute Gasteiger partial charge is 0.171 e. The van der Waals surface area contributed by atoms with Crippen molar-refractivity contribution < 1.29 is 4.90 Å². The van der Waals surface area contributed by atoms with Crippen LogP contribution >= 0.6 is 12.2 Å². The van der Waals surface area contributed by atoms with Gasteiger partial charge in [-0.1, -0.05) is 36.4 Å². The van der Waals surface area contributed by atoms with Gasteiger partial charge in [-0.3, -0.25) is 0 Å². The predicted molar refractivity (Wildman–Crippen MR) is 102 cm³/mol. The van der Waals surface area contributed by atoms with Crippen LogP contribution in [-0.2, 0) is 13.1 Å². The minimum absolute atomic E-state index is 0.653. The summed E-state index contributed by atoms with van der Waals surface area (Å²) in [6.07, 6.45) is 0. The van der Waals surface area contributed by atoms with Crippen LogP contribution in [0.2, 0.25) is 0 Å². The van der Waals surface area contributed by atoms with Crippen LogP contribution in [0, 0.1) is 13.8 Å². The van der Waals surface area contributed by atoms with Gasteiger partial charge in [0.2, 0.25) is 0 Å². The van der Waals surface area contributed by atoms with Crippen LogP contribution in [-0.4, -0.2) is 19.2 Å². The van der Waals surface area contributed by atoms with E-state index >= 15 is 0 Å². The van der Waals surface area contributed by atoms with Gasteiger partial charge in [0, 0.05) is 17.8 Å². The van der Waals surface area contributed by atoms with E-state index in [9.17, 15) is 0 Å². The molecule has 0 radical (unpaired) electrons. The molecule has 0 amide bonds. The number of anilines is 1. The zero-order chi connectivity index (χ0) is 16.8. The molecular weight excluding hydrogens is 302 g/mol. The lowest BCUT2D eigenvalue weighted by Crippen LogP contribution is -3.04. The molecule has 0 saturated carbocycles. The van der Waals surface area contributed by atoms with E-state index in [1.165, 1.54) is 27.2 Å². The topological polar surface area (TPSA) is 28.5 Å². The highest BCUT2D eigenvalue weighted by Crippen LogP contribution is 2.16. The third-order valence-electron chi connectivity index (χ3n) is 3.67. The molecule has 4 heteroatoms. The Kier molecular flexibility index (Phi) is 6.13. The first-order valence-electron chi connectivity index (χ1n) is 7.93. The van der Waals surface area contributed by atoms with Gasteiger partial charge < -0.3 is 15.5 Å². The number of quaternary nitrogens is 1. The van der Waals surface area contributed by atoms with E-state index < -0.39 is 0 Å². The number of aryl methyl sites for hydroxylation is 2.